The summed E-state index contributed by atoms with van der Waals surface area (Å²) in [6.07, 6.45) is 9.00. The third-order valence-electron chi connectivity index (χ3n) is 5.14. The molecule has 2 aliphatic rings. The Bertz CT molecular complexity index is 424. The molecular weight excluding hydrogens is 266 g/mol. The number of hydrogen-bond acceptors (Lipinski definition) is 5. The molecule has 2 heterocycles. The molecule has 21 heavy (non-hydrogen) atoms. The van der Waals surface area contributed by atoms with Crippen LogP contribution in [0.15, 0.2) is 12.7 Å². The fourth-order valence-corrected chi connectivity index (χ4v) is 3.88. The molecule has 3 atom stereocenters. The van der Waals surface area contributed by atoms with Crippen LogP contribution in [0.5, 0.6) is 0 Å². The summed E-state index contributed by atoms with van der Waals surface area (Å²) >= 11 is 0. The molecule has 1 aromatic rings. The summed E-state index contributed by atoms with van der Waals surface area (Å²) in [6, 6.07) is 1.37. The molecule has 0 aromatic carbocycles. The van der Waals surface area contributed by atoms with Gasteiger partial charge >= 0.3 is 0 Å². The van der Waals surface area contributed by atoms with Crippen molar-refractivity contribution < 1.29 is 4.74 Å². The minimum absolute atomic E-state index is 0.437. The lowest BCUT2D eigenvalue weighted by Crippen LogP contribution is -2.47. The van der Waals surface area contributed by atoms with E-state index in [1.54, 1.807) is 12.7 Å². The fraction of sp³-hybridized carbons (Fsp3) is 0.867. The van der Waals surface area contributed by atoms with Crippen molar-refractivity contribution in [2.24, 2.45) is 0 Å². The highest BCUT2D eigenvalue weighted by Gasteiger charge is 2.37. The minimum atomic E-state index is 0.437. The van der Waals surface area contributed by atoms with Gasteiger partial charge in [-0.2, -0.15) is 5.10 Å². The maximum atomic E-state index is 5.52. The van der Waals surface area contributed by atoms with Gasteiger partial charge in [0.2, 0.25) is 0 Å². The van der Waals surface area contributed by atoms with Crippen LogP contribution in [0.25, 0.3) is 0 Å². The van der Waals surface area contributed by atoms with Crippen molar-refractivity contribution in [1.29, 1.82) is 0 Å². The Morgan fingerprint density at radius 3 is 2.95 bits per heavy atom. The van der Waals surface area contributed by atoms with Gasteiger partial charge in [-0.05, 0) is 26.3 Å². The Labute approximate surface area is 127 Å². The second-order valence-electron chi connectivity index (χ2n) is 6.35. The second-order valence-corrected chi connectivity index (χ2v) is 6.35. The van der Waals surface area contributed by atoms with Crippen LogP contribution in [-0.4, -0.2) is 76.5 Å². The first kappa shape index (κ1) is 14.9. The summed E-state index contributed by atoms with van der Waals surface area (Å²) in [5.74, 6) is 0. The van der Waals surface area contributed by atoms with Crippen LogP contribution in [0, 0.1) is 0 Å². The first-order valence-electron chi connectivity index (χ1n) is 8.07. The highest BCUT2D eigenvalue weighted by molar-refractivity contribution is 4.94. The Morgan fingerprint density at radius 2 is 2.24 bits per heavy atom. The summed E-state index contributed by atoms with van der Waals surface area (Å²) in [5.41, 5.74) is 0. The van der Waals surface area contributed by atoms with Gasteiger partial charge in [0.1, 0.15) is 12.7 Å². The van der Waals surface area contributed by atoms with Gasteiger partial charge in [-0.25, -0.2) is 4.98 Å². The average Bonchev–Trinajstić information content (AvgIpc) is 3.23. The minimum Gasteiger partial charge on any atom is -0.380 e. The van der Waals surface area contributed by atoms with Gasteiger partial charge in [0.05, 0.1) is 12.6 Å². The highest BCUT2D eigenvalue weighted by atomic mass is 16.5. The van der Waals surface area contributed by atoms with Gasteiger partial charge < -0.3 is 9.64 Å². The van der Waals surface area contributed by atoms with E-state index in [0.29, 0.717) is 18.2 Å². The van der Waals surface area contributed by atoms with Gasteiger partial charge in [-0.1, -0.05) is 6.42 Å². The first-order chi connectivity index (χ1) is 10.3. The third kappa shape index (κ3) is 3.44. The molecule has 2 fully saturated rings. The molecule has 3 rings (SSSR count). The Kier molecular flexibility index (Phi) is 4.87. The van der Waals surface area contributed by atoms with Crippen LogP contribution < -0.4 is 0 Å². The topological polar surface area (TPSA) is 46.4 Å². The number of methoxy groups -OCH3 is 1. The zero-order valence-electron chi connectivity index (χ0n) is 13.2. The van der Waals surface area contributed by atoms with Crippen molar-refractivity contribution in [3.8, 4) is 0 Å². The molecule has 1 saturated heterocycles. The molecule has 0 spiro atoms. The van der Waals surface area contributed by atoms with Crippen molar-refractivity contribution in [3.05, 3.63) is 12.7 Å². The van der Waals surface area contributed by atoms with Crippen molar-refractivity contribution in [3.63, 3.8) is 0 Å². The normalized spacial score (nSPS) is 30.5. The van der Waals surface area contributed by atoms with Crippen LogP contribution in [0.2, 0.25) is 0 Å². The van der Waals surface area contributed by atoms with Crippen LogP contribution in [0.4, 0.5) is 0 Å². The molecule has 0 bridgehead atoms. The SMILES string of the molecule is COC1CCN([C@H]2CCC[C@H]2N(C)CCn2cncn2)C1. The van der Waals surface area contributed by atoms with E-state index >= 15 is 0 Å². The van der Waals surface area contributed by atoms with Gasteiger partial charge in [0.15, 0.2) is 0 Å². The smallest absolute Gasteiger partial charge is 0.137 e. The Balaban J connectivity index is 1.53. The maximum absolute atomic E-state index is 5.52. The molecule has 6 nitrogen and oxygen atoms in total. The van der Waals surface area contributed by atoms with E-state index in [9.17, 15) is 0 Å². The number of ether oxygens (including phenoxy) is 1. The zero-order chi connectivity index (χ0) is 14.7. The monoisotopic (exact) mass is 293 g/mol. The number of aromatic nitrogens is 3. The zero-order valence-corrected chi connectivity index (χ0v) is 13.2. The molecule has 0 radical (unpaired) electrons. The standard InChI is InChI=1S/C15H27N5O/c1-18(8-9-20-12-16-11-17-20)14-4-3-5-15(14)19-7-6-13(10-19)21-2/h11-15H,3-10H2,1-2H3/t13?,14-,15+/m1/s1. The maximum Gasteiger partial charge on any atom is 0.137 e. The summed E-state index contributed by atoms with van der Waals surface area (Å²) in [6.45, 7) is 4.25. The first-order valence-corrected chi connectivity index (χ1v) is 8.07. The Hall–Kier alpha value is -0.980. The second kappa shape index (κ2) is 6.85. The van der Waals surface area contributed by atoms with E-state index < -0.39 is 0 Å². The lowest BCUT2D eigenvalue weighted by molar-refractivity contribution is 0.0846. The van der Waals surface area contributed by atoms with Crippen LogP contribution in [-0.2, 0) is 11.3 Å². The van der Waals surface area contributed by atoms with Crippen LogP contribution in [0.1, 0.15) is 25.7 Å². The van der Waals surface area contributed by atoms with E-state index in [1.807, 2.05) is 11.8 Å². The summed E-state index contributed by atoms with van der Waals surface area (Å²) in [7, 11) is 4.09. The van der Waals surface area contributed by atoms with Crippen molar-refractivity contribution in [1.82, 2.24) is 24.6 Å². The molecule has 0 amide bonds. The van der Waals surface area contributed by atoms with Gasteiger partial charge in [0.25, 0.3) is 0 Å². The van der Waals surface area contributed by atoms with Gasteiger partial charge in [-0.3, -0.25) is 9.58 Å². The summed E-state index contributed by atoms with van der Waals surface area (Å²) in [5, 5.41) is 4.18. The number of hydrogen-bond donors (Lipinski definition) is 0. The summed E-state index contributed by atoms with van der Waals surface area (Å²) in [4.78, 5) is 9.17. The van der Waals surface area contributed by atoms with Crippen LogP contribution >= 0.6 is 0 Å². The van der Waals surface area contributed by atoms with Gasteiger partial charge in [0, 0.05) is 38.8 Å². The molecule has 1 unspecified atom stereocenters. The van der Waals surface area contributed by atoms with E-state index in [1.165, 1.54) is 32.2 Å². The van der Waals surface area contributed by atoms with Gasteiger partial charge in [-0.15, -0.1) is 0 Å². The number of rotatable bonds is 6. The summed E-state index contributed by atoms with van der Waals surface area (Å²) < 4.78 is 7.43. The largest absolute Gasteiger partial charge is 0.380 e. The predicted molar refractivity (Wildman–Crippen MR) is 81.1 cm³/mol. The number of likely N-dealkylation sites (tertiary alicyclic amines) is 1. The van der Waals surface area contributed by atoms with E-state index in [2.05, 4.69) is 26.9 Å². The molecule has 6 heteroatoms. The molecule has 0 N–H and O–H groups in total. The molecule has 1 aromatic heterocycles. The molecule has 118 valence electrons. The van der Waals surface area contributed by atoms with Crippen molar-refractivity contribution >= 4 is 0 Å². The highest BCUT2D eigenvalue weighted by Crippen LogP contribution is 2.30. The predicted octanol–water partition coefficient (Wildman–Crippen LogP) is 0.852. The quantitative estimate of drug-likeness (QED) is 0.778. The lowest BCUT2D eigenvalue weighted by atomic mass is 10.1. The van der Waals surface area contributed by atoms with Crippen molar-refractivity contribution in [2.45, 2.75) is 50.4 Å². The fourth-order valence-electron chi connectivity index (χ4n) is 3.88. The molecular formula is C15H27N5O. The van der Waals surface area contributed by atoms with E-state index in [-0.39, 0.29) is 0 Å². The van der Waals surface area contributed by atoms with E-state index in [0.717, 1.165) is 19.6 Å². The lowest BCUT2D eigenvalue weighted by Gasteiger charge is -2.35. The Morgan fingerprint density at radius 1 is 1.33 bits per heavy atom. The van der Waals surface area contributed by atoms with Crippen molar-refractivity contribution in [2.75, 3.05) is 33.8 Å². The molecule has 1 aliphatic heterocycles. The third-order valence-corrected chi connectivity index (χ3v) is 5.14. The average molecular weight is 293 g/mol. The number of likely N-dealkylation sites (N-methyl/N-ethyl adjacent to an activating group) is 1. The van der Waals surface area contributed by atoms with E-state index in [4.69, 9.17) is 4.74 Å². The molecule has 1 aliphatic carbocycles. The van der Waals surface area contributed by atoms with Crippen LogP contribution in [0.3, 0.4) is 0 Å². The number of nitrogens with zero attached hydrogens (tertiary/aromatic N) is 5. The molecule has 1 saturated carbocycles.